The number of ether oxygens (including phenoxy) is 1. The molecule has 3 N–H and O–H groups in total. The lowest BCUT2D eigenvalue weighted by molar-refractivity contribution is 0.118. The van der Waals surface area contributed by atoms with Crippen LogP contribution < -0.4 is 11.1 Å². The Morgan fingerprint density at radius 3 is 2.82 bits per heavy atom. The molecule has 3 rings (SSSR count). The summed E-state index contributed by atoms with van der Waals surface area (Å²) in [5, 5.41) is 10.4. The van der Waals surface area contributed by atoms with Crippen LogP contribution in [0.15, 0.2) is 24.4 Å². The predicted octanol–water partition coefficient (Wildman–Crippen LogP) is 2.75. The molecule has 0 aliphatic rings. The van der Waals surface area contributed by atoms with Crippen LogP contribution in [0.2, 0.25) is 0 Å². The van der Waals surface area contributed by atoms with Gasteiger partial charge >= 0.3 is 6.09 Å². The molecule has 0 aliphatic carbocycles. The van der Waals surface area contributed by atoms with Crippen molar-refractivity contribution in [2.75, 3.05) is 11.1 Å². The van der Waals surface area contributed by atoms with E-state index in [9.17, 15) is 13.6 Å². The zero-order valence-electron chi connectivity index (χ0n) is 15.3. The van der Waals surface area contributed by atoms with E-state index in [4.69, 9.17) is 10.5 Å². The topological polar surface area (TPSA) is 121 Å². The number of nitrogens with two attached hydrogens (primary N) is 1. The molecule has 1 amide bonds. The number of nitrogens with one attached hydrogen (secondary N) is 1. The Bertz CT molecular complexity index is 1040. The minimum Gasteiger partial charge on any atom is -0.441 e. The molecule has 1 atom stereocenters. The maximum Gasteiger partial charge on any atom is 0.413 e. The van der Waals surface area contributed by atoms with Crippen molar-refractivity contribution in [3.8, 4) is 11.4 Å². The van der Waals surface area contributed by atoms with Crippen molar-refractivity contribution < 1.29 is 18.3 Å². The van der Waals surface area contributed by atoms with Crippen LogP contribution in [-0.2, 0) is 11.8 Å². The fourth-order valence-corrected chi connectivity index (χ4v) is 2.45. The van der Waals surface area contributed by atoms with E-state index in [0.717, 1.165) is 12.3 Å². The van der Waals surface area contributed by atoms with E-state index in [-0.39, 0.29) is 11.4 Å². The Balaban J connectivity index is 1.80. The second-order valence-corrected chi connectivity index (χ2v) is 5.99. The molecule has 0 aromatic carbocycles. The maximum absolute atomic E-state index is 13.7. The van der Waals surface area contributed by atoms with Crippen LogP contribution in [0, 0.1) is 18.7 Å². The van der Waals surface area contributed by atoms with E-state index >= 15 is 0 Å². The first-order chi connectivity index (χ1) is 13.3. The molecule has 0 aliphatic heterocycles. The first-order valence-corrected chi connectivity index (χ1v) is 8.18. The number of hydrogen-bond donors (Lipinski definition) is 2. The molecule has 0 saturated carbocycles. The number of aryl methyl sites for hydroxylation is 2. The summed E-state index contributed by atoms with van der Waals surface area (Å²) in [5.74, 6) is -1.45. The average molecular weight is 389 g/mol. The molecule has 1 unspecified atom stereocenters. The van der Waals surface area contributed by atoms with Crippen molar-refractivity contribution in [3.05, 3.63) is 47.4 Å². The molecule has 3 heterocycles. The Morgan fingerprint density at radius 1 is 1.36 bits per heavy atom. The summed E-state index contributed by atoms with van der Waals surface area (Å²) in [7, 11) is 1.57. The van der Waals surface area contributed by atoms with Gasteiger partial charge < -0.3 is 10.5 Å². The number of aromatic nitrogens is 5. The highest BCUT2D eigenvalue weighted by Gasteiger charge is 2.21. The van der Waals surface area contributed by atoms with Gasteiger partial charge in [0, 0.05) is 7.05 Å². The van der Waals surface area contributed by atoms with Gasteiger partial charge in [0.2, 0.25) is 5.95 Å². The monoisotopic (exact) mass is 389 g/mol. The molecule has 0 radical (unpaired) electrons. The number of nitrogen functional groups attached to an aromatic ring is 1. The highest BCUT2D eigenvalue weighted by molar-refractivity contribution is 5.88. The Morgan fingerprint density at radius 2 is 2.11 bits per heavy atom. The third kappa shape index (κ3) is 3.87. The maximum atomic E-state index is 13.7. The van der Waals surface area contributed by atoms with Gasteiger partial charge in [-0.3, -0.25) is 5.32 Å². The number of anilines is 2. The number of pyridine rings is 2. The second kappa shape index (κ2) is 7.55. The predicted molar refractivity (Wildman–Crippen MR) is 96.1 cm³/mol. The van der Waals surface area contributed by atoms with Gasteiger partial charge in [-0.25, -0.2) is 23.8 Å². The molecule has 11 heteroatoms. The Labute approximate surface area is 158 Å². The molecule has 3 aromatic rings. The minimum absolute atomic E-state index is 0.186. The van der Waals surface area contributed by atoms with Crippen molar-refractivity contribution >= 4 is 17.6 Å². The lowest BCUT2D eigenvalue weighted by Gasteiger charge is -2.15. The number of hydrogen-bond acceptors (Lipinski definition) is 7. The molecule has 3 aromatic heterocycles. The highest BCUT2D eigenvalue weighted by atomic mass is 19.1. The van der Waals surface area contributed by atoms with Crippen LogP contribution in [-0.4, -0.2) is 31.1 Å². The molecule has 0 saturated heterocycles. The summed E-state index contributed by atoms with van der Waals surface area (Å²) < 4.78 is 33.5. The zero-order valence-corrected chi connectivity index (χ0v) is 15.3. The third-order valence-corrected chi connectivity index (χ3v) is 3.97. The van der Waals surface area contributed by atoms with Crippen LogP contribution in [0.1, 0.15) is 24.3 Å². The van der Waals surface area contributed by atoms with E-state index < -0.39 is 24.0 Å². The van der Waals surface area contributed by atoms with Crippen LogP contribution in [0.4, 0.5) is 25.1 Å². The molecule has 28 heavy (non-hydrogen) atoms. The molecule has 0 spiro atoms. The van der Waals surface area contributed by atoms with Gasteiger partial charge in [-0.1, -0.05) is 5.21 Å². The van der Waals surface area contributed by atoms with Gasteiger partial charge in [0.05, 0.1) is 28.8 Å². The average Bonchev–Trinajstić information content (AvgIpc) is 3.00. The fraction of sp³-hybridized carbons (Fsp3) is 0.235. The lowest BCUT2D eigenvalue weighted by atomic mass is 10.2. The van der Waals surface area contributed by atoms with Crippen LogP contribution in [0.5, 0.6) is 0 Å². The van der Waals surface area contributed by atoms with E-state index in [1.54, 1.807) is 26.1 Å². The smallest absolute Gasteiger partial charge is 0.413 e. The van der Waals surface area contributed by atoms with E-state index in [1.165, 1.54) is 11.6 Å². The summed E-state index contributed by atoms with van der Waals surface area (Å²) >= 11 is 0. The molecule has 146 valence electrons. The summed E-state index contributed by atoms with van der Waals surface area (Å²) in [6, 6.07) is 4.22. The van der Waals surface area contributed by atoms with Crippen LogP contribution in [0.3, 0.4) is 0 Å². The first kappa shape index (κ1) is 19.1. The van der Waals surface area contributed by atoms with Crippen LogP contribution in [0.25, 0.3) is 11.4 Å². The van der Waals surface area contributed by atoms with Crippen molar-refractivity contribution in [1.29, 1.82) is 0 Å². The highest BCUT2D eigenvalue weighted by Crippen LogP contribution is 2.26. The number of rotatable bonds is 4. The second-order valence-electron chi connectivity index (χ2n) is 5.99. The van der Waals surface area contributed by atoms with Crippen molar-refractivity contribution in [2.45, 2.75) is 20.0 Å². The van der Waals surface area contributed by atoms with E-state index in [2.05, 4.69) is 25.6 Å². The fourth-order valence-electron chi connectivity index (χ4n) is 2.45. The van der Waals surface area contributed by atoms with Gasteiger partial charge in [0.15, 0.2) is 11.5 Å². The number of halogens is 2. The zero-order chi connectivity index (χ0) is 20.4. The number of carbonyl (C=O) groups excluding carboxylic acids is 1. The number of carbonyl (C=O) groups is 1. The molecule has 0 bridgehead atoms. The third-order valence-electron chi connectivity index (χ3n) is 3.97. The first-order valence-electron chi connectivity index (χ1n) is 8.18. The van der Waals surface area contributed by atoms with Gasteiger partial charge in [0.25, 0.3) is 0 Å². The molecular formula is C17H17F2N7O2. The number of nitrogens with zero attached hydrogens (tertiary/aromatic N) is 5. The molecular weight excluding hydrogens is 372 g/mol. The van der Waals surface area contributed by atoms with Gasteiger partial charge in [-0.2, -0.15) is 4.39 Å². The van der Waals surface area contributed by atoms with Crippen molar-refractivity contribution in [1.82, 2.24) is 25.0 Å². The summed E-state index contributed by atoms with van der Waals surface area (Å²) in [4.78, 5) is 19.9. The Hall–Kier alpha value is -3.63. The largest absolute Gasteiger partial charge is 0.441 e. The summed E-state index contributed by atoms with van der Waals surface area (Å²) in [5.41, 5.74) is 7.44. The Kier molecular flexibility index (Phi) is 5.16. The molecule has 0 fully saturated rings. The van der Waals surface area contributed by atoms with E-state index in [0.29, 0.717) is 22.8 Å². The van der Waals surface area contributed by atoms with Gasteiger partial charge in [-0.05, 0) is 32.0 Å². The van der Waals surface area contributed by atoms with Crippen molar-refractivity contribution in [3.63, 3.8) is 0 Å². The summed E-state index contributed by atoms with van der Waals surface area (Å²) in [6.07, 6.45) is -1.25. The van der Waals surface area contributed by atoms with Crippen LogP contribution >= 0.6 is 0 Å². The quantitative estimate of drug-likeness (QED) is 0.658. The van der Waals surface area contributed by atoms with Gasteiger partial charge in [0.1, 0.15) is 11.9 Å². The van der Waals surface area contributed by atoms with Gasteiger partial charge in [-0.15, -0.1) is 5.10 Å². The summed E-state index contributed by atoms with van der Waals surface area (Å²) in [6.45, 7) is 3.13. The minimum atomic E-state index is -1.08. The van der Waals surface area contributed by atoms with Crippen molar-refractivity contribution in [2.24, 2.45) is 7.05 Å². The molecule has 9 nitrogen and oxygen atoms in total. The van der Waals surface area contributed by atoms with E-state index in [1.807, 2.05) is 0 Å². The normalized spacial score (nSPS) is 11.9. The number of amides is 1. The SMILES string of the molecule is Cc1nc(-c2nnn(C)c2NC(=O)OC(C)c2cc(F)cnc2F)ccc1N. The lowest BCUT2D eigenvalue weighted by Crippen LogP contribution is -2.19. The standard InChI is InChI=1S/C17H17F2N7O2/c1-8-12(20)4-5-13(22-8)14-16(26(3)25-24-14)23-17(27)28-9(2)11-6-10(18)7-21-15(11)19/h4-7,9H,20H2,1-3H3,(H,23,27).